The summed E-state index contributed by atoms with van der Waals surface area (Å²) in [5.41, 5.74) is 0.915. The van der Waals surface area contributed by atoms with E-state index in [1.54, 1.807) is 0 Å². The molecular weight excluding hydrogens is 344 g/mol. The van der Waals surface area contributed by atoms with E-state index >= 15 is 0 Å². The summed E-state index contributed by atoms with van der Waals surface area (Å²) in [6.45, 7) is 5.19. The number of hydrogen-bond acceptors (Lipinski definition) is 2. The first-order valence-corrected chi connectivity index (χ1v) is 8.40. The SMILES string of the molecule is CC1(C)C[C@@H](NC(=O)Cn2ccc3ccc(Br)cc32)CCO1. The molecule has 0 saturated carbocycles. The third-order valence-electron chi connectivity index (χ3n) is 4.11. The van der Waals surface area contributed by atoms with Gasteiger partial charge in [-0.15, -0.1) is 0 Å². The van der Waals surface area contributed by atoms with E-state index in [9.17, 15) is 4.79 Å². The number of amides is 1. The van der Waals surface area contributed by atoms with E-state index in [1.807, 2.05) is 29.0 Å². The van der Waals surface area contributed by atoms with Crippen LogP contribution in [0.3, 0.4) is 0 Å². The molecule has 0 aliphatic carbocycles. The Morgan fingerprint density at radius 1 is 1.45 bits per heavy atom. The van der Waals surface area contributed by atoms with Crippen molar-refractivity contribution in [2.75, 3.05) is 6.61 Å². The Bertz CT molecular complexity index is 693. The van der Waals surface area contributed by atoms with Gasteiger partial charge in [-0.05, 0) is 50.3 Å². The highest BCUT2D eigenvalue weighted by Gasteiger charge is 2.29. The third kappa shape index (κ3) is 3.52. The molecule has 118 valence electrons. The summed E-state index contributed by atoms with van der Waals surface area (Å²) in [5.74, 6) is 0.0557. The average molecular weight is 365 g/mol. The summed E-state index contributed by atoms with van der Waals surface area (Å²) in [7, 11) is 0. The molecule has 1 aromatic carbocycles. The molecule has 2 heterocycles. The molecule has 5 heteroatoms. The van der Waals surface area contributed by atoms with Crippen LogP contribution in [0.15, 0.2) is 34.9 Å². The molecule has 1 aliphatic heterocycles. The molecule has 4 nitrogen and oxygen atoms in total. The second-order valence-electron chi connectivity index (χ2n) is 6.51. The molecule has 0 unspecified atom stereocenters. The van der Waals surface area contributed by atoms with Gasteiger partial charge in [-0.2, -0.15) is 0 Å². The number of fused-ring (bicyclic) bond motifs is 1. The smallest absolute Gasteiger partial charge is 0.240 e. The van der Waals surface area contributed by atoms with E-state index < -0.39 is 0 Å². The maximum Gasteiger partial charge on any atom is 0.240 e. The number of rotatable bonds is 3. The Kier molecular flexibility index (Phi) is 4.28. The average Bonchev–Trinajstić information content (AvgIpc) is 2.80. The standard InChI is InChI=1S/C17H21BrN2O2/c1-17(2)10-14(6-8-22-17)19-16(21)11-20-7-5-12-3-4-13(18)9-15(12)20/h3-5,7,9,14H,6,8,10-11H2,1-2H3,(H,19,21)/t14-/m0/s1. The third-order valence-corrected chi connectivity index (χ3v) is 4.61. The zero-order chi connectivity index (χ0) is 15.7. The number of nitrogens with one attached hydrogen (secondary N) is 1. The number of carbonyl (C=O) groups is 1. The molecule has 1 fully saturated rings. The lowest BCUT2D eigenvalue weighted by Gasteiger charge is -2.35. The molecule has 1 amide bonds. The highest BCUT2D eigenvalue weighted by atomic mass is 79.9. The minimum atomic E-state index is -0.152. The molecule has 1 saturated heterocycles. The van der Waals surface area contributed by atoms with E-state index in [2.05, 4.69) is 41.2 Å². The Morgan fingerprint density at radius 2 is 2.27 bits per heavy atom. The van der Waals surface area contributed by atoms with Crippen LogP contribution in [0.25, 0.3) is 10.9 Å². The lowest BCUT2D eigenvalue weighted by molar-refractivity contribution is -0.124. The van der Waals surface area contributed by atoms with Crippen LogP contribution >= 0.6 is 15.9 Å². The van der Waals surface area contributed by atoms with Crippen molar-refractivity contribution in [2.45, 2.75) is 44.9 Å². The van der Waals surface area contributed by atoms with Crippen LogP contribution < -0.4 is 5.32 Å². The van der Waals surface area contributed by atoms with E-state index in [0.29, 0.717) is 13.2 Å². The molecule has 1 aromatic heterocycles. The summed E-state index contributed by atoms with van der Waals surface area (Å²) in [6.07, 6.45) is 3.70. The van der Waals surface area contributed by atoms with Gasteiger partial charge in [-0.1, -0.05) is 22.0 Å². The first kappa shape index (κ1) is 15.6. The van der Waals surface area contributed by atoms with Crippen molar-refractivity contribution in [3.63, 3.8) is 0 Å². The van der Waals surface area contributed by atoms with Crippen molar-refractivity contribution in [1.29, 1.82) is 0 Å². The molecule has 1 aliphatic rings. The van der Waals surface area contributed by atoms with Gasteiger partial charge in [0.25, 0.3) is 0 Å². The highest BCUT2D eigenvalue weighted by molar-refractivity contribution is 9.10. The maximum atomic E-state index is 12.3. The monoisotopic (exact) mass is 364 g/mol. The van der Waals surface area contributed by atoms with Gasteiger partial charge < -0.3 is 14.6 Å². The summed E-state index contributed by atoms with van der Waals surface area (Å²) in [4.78, 5) is 12.3. The molecule has 1 atom stereocenters. The fourth-order valence-electron chi connectivity index (χ4n) is 3.08. The van der Waals surface area contributed by atoms with Crippen LogP contribution in [0.4, 0.5) is 0 Å². The normalized spacial score (nSPS) is 21.0. The van der Waals surface area contributed by atoms with Gasteiger partial charge in [-0.3, -0.25) is 4.79 Å². The number of aromatic nitrogens is 1. The van der Waals surface area contributed by atoms with Crippen LogP contribution in [0.5, 0.6) is 0 Å². The predicted molar refractivity (Wildman–Crippen MR) is 90.8 cm³/mol. The summed E-state index contributed by atoms with van der Waals surface area (Å²) < 4.78 is 8.70. The fraction of sp³-hybridized carbons (Fsp3) is 0.471. The Hall–Kier alpha value is -1.33. The Labute approximate surface area is 139 Å². The second-order valence-corrected chi connectivity index (χ2v) is 7.43. The van der Waals surface area contributed by atoms with E-state index in [1.165, 1.54) is 0 Å². The van der Waals surface area contributed by atoms with Crippen LogP contribution in [0.1, 0.15) is 26.7 Å². The van der Waals surface area contributed by atoms with Gasteiger partial charge in [-0.25, -0.2) is 0 Å². The molecule has 3 rings (SSSR count). The maximum absolute atomic E-state index is 12.3. The van der Waals surface area contributed by atoms with Crippen LogP contribution in [0, 0.1) is 0 Å². The van der Waals surface area contributed by atoms with Crippen molar-refractivity contribution in [3.05, 3.63) is 34.9 Å². The van der Waals surface area contributed by atoms with Gasteiger partial charge in [0, 0.05) is 28.8 Å². The van der Waals surface area contributed by atoms with Gasteiger partial charge in [0.15, 0.2) is 0 Å². The lowest BCUT2D eigenvalue weighted by Crippen LogP contribution is -2.46. The number of carbonyl (C=O) groups excluding carboxylic acids is 1. The fourth-order valence-corrected chi connectivity index (χ4v) is 3.43. The zero-order valence-corrected chi connectivity index (χ0v) is 14.5. The number of hydrogen-bond donors (Lipinski definition) is 1. The quantitative estimate of drug-likeness (QED) is 0.905. The van der Waals surface area contributed by atoms with E-state index in [0.717, 1.165) is 28.2 Å². The Morgan fingerprint density at radius 3 is 3.05 bits per heavy atom. The van der Waals surface area contributed by atoms with Crippen molar-refractivity contribution >= 4 is 32.7 Å². The topological polar surface area (TPSA) is 43.3 Å². The minimum absolute atomic E-state index is 0.0557. The van der Waals surface area contributed by atoms with Crippen molar-refractivity contribution in [3.8, 4) is 0 Å². The molecule has 0 bridgehead atoms. The van der Waals surface area contributed by atoms with Gasteiger partial charge in [0.05, 0.1) is 5.60 Å². The van der Waals surface area contributed by atoms with Gasteiger partial charge >= 0.3 is 0 Å². The first-order valence-electron chi connectivity index (χ1n) is 7.61. The first-order chi connectivity index (χ1) is 10.4. The molecular formula is C17H21BrN2O2. The summed E-state index contributed by atoms with van der Waals surface area (Å²) in [6, 6.07) is 8.34. The Balaban J connectivity index is 1.67. The predicted octanol–water partition coefficient (Wildman–Crippen LogP) is 3.48. The largest absolute Gasteiger partial charge is 0.375 e. The second kappa shape index (κ2) is 6.05. The molecule has 0 radical (unpaired) electrons. The van der Waals surface area contributed by atoms with Gasteiger partial charge in [0.1, 0.15) is 6.54 Å². The van der Waals surface area contributed by atoms with Crippen LogP contribution in [-0.2, 0) is 16.1 Å². The zero-order valence-electron chi connectivity index (χ0n) is 12.9. The van der Waals surface area contributed by atoms with Crippen LogP contribution in [0.2, 0.25) is 0 Å². The van der Waals surface area contributed by atoms with E-state index in [-0.39, 0.29) is 17.6 Å². The van der Waals surface area contributed by atoms with E-state index in [4.69, 9.17) is 4.74 Å². The van der Waals surface area contributed by atoms with Gasteiger partial charge in [0.2, 0.25) is 5.91 Å². The molecule has 22 heavy (non-hydrogen) atoms. The summed E-state index contributed by atoms with van der Waals surface area (Å²) in [5, 5.41) is 4.28. The highest BCUT2D eigenvalue weighted by Crippen LogP contribution is 2.24. The number of ether oxygens (including phenoxy) is 1. The van der Waals surface area contributed by atoms with Crippen molar-refractivity contribution in [1.82, 2.24) is 9.88 Å². The van der Waals surface area contributed by atoms with Crippen LogP contribution in [-0.4, -0.2) is 28.7 Å². The van der Waals surface area contributed by atoms with Crippen molar-refractivity contribution in [2.24, 2.45) is 0 Å². The molecule has 2 aromatic rings. The lowest BCUT2D eigenvalue weighted by atomic mass is 9.94. The molecule has 0 spiro atoms. The molecule has 1 N–H and O–H groups in total. The van der Waals surface area contributed by atoms with Crippen molar-refractivity contribution < 1.29 is 9.53 Å². The number of nitrogens with zero attached hydrogens (tertiary/aromatic N) is 1. The number of halogens is 1. The summed E-state index contributed by atoms with van der Waals surface area (Å²) >= 11 is 3.48. The number of benzene rings is 1. The minimum Gasteiger partial charge on any atom is -0.375 e.